The number of nitrogens with zero attached hydrogens (tertiary/aromatic N) is 2. The molecule has 7 nitrogen and oxygen atoms in total. The predicted octanol–water partition coefficient (Wildman–Crippen LogP) is 6.15. The molecule has 2 N–H and O–H groups in total. The number of carboxylic acids is 1. The smallest absolute Gasteiger partial charge is 0.337 e. The zero-order chi connectivity index (χ0) is 23.7. The number of carbonyl (C=O) groups is 2. The van der Waals surface area contributed by atoms with Crippen LogP contribution in [-0.4, -0.2) is 31.8 Å². The van der Waals surface area contributed by atoms with Crippen molar-refractivity contribution in [3.05, 3.63) is 101 Å². The minimum atomic E-state index is -1.14. The second-order valence-electron chi connectivity index (χ2n) is 7.46. The molecule has 0 aliphatic carbocycles. The average molecular weight is 470 g/mol. The lowest BCUT2D eigenvalue weighted by Crippen LogP contribution is -2.03. The molecule has 0 amide bonds. The molecular weight excluding hydrogens is 454 g/mol. The largest absolute Gasteiger partial charge is 0.478 e. The Morgan fingerprint density at radius 3 is 2.71 bits per heavy atom. The molecule has 166 valence electrons. The first kappa shape index (κ1) is 21.4. The number of aromatic nitrogens is 3. The lowest BCUT2D eigenvalue weighted by Gasteiger charge is -2.05. The molecule has 0 saturated heterocycles. The van der Waals surface area contributed by atoms with Crippen LogP contribution in [0.25, 0.3) is 27.9 Å². The number of hydrogen-bond acceptors (Lipinski definition) is 5. The third kappa shape index (κ3) is 4.24. The Morgan fingerprint density at radius 1 is 1.03 bits per heavy atom. The summed E-state index contributed by atoms with van der Waals surface area (Å²) in [5.74, 6) is -0.230. The predicted molar refractivity (Wildman–Crippen MR) is 130 cm³/mol. The van der Waals surface area contributed by atoms with Crippen molar-refractivity contribution in [1.82, 2.24) is 15.0 Å². The Kier molecular flexibility index (Phi) is 5.53. The molecule has 0 unspecified atom stereocenters. The van der Waals surface area contributed by atoms with Crippen LogP contribution in [0.15, 0.2) is 79.3 Å². The van der Waals surface area contributed by atoms with Gasteiger partial charge in [-0.3, -0.25) is 9.78 Å². The molecule has 0 saturated carbocycles. The van der Waals surface area contributed by atoms with Crippen molar-refractivity contribution < 1.29 is 19.4 Å². The average Bonchev–Trinajstić information content (AvgIpc) is 3.26. The molecule has 0 bridgehead atoms. The molecule has 34 heavy (non-hydrogen) atoms. The Morgan fingerprint density at radius 2 is 1.91 bits per heavy atom. The summed E-state index contributed by atoms with van der Waals surface area (Å²) >= 11 is 6.00. The van der Waals surface area contributed by atoms with Gasteiger partial charge in [0.15, 0.2) is 5.78 Å². The minimum absolute atomic E-state index is 0.0186. The molecule has 0 atom stereocenters. The lowest BCUT2D eigenvalue weighted by molar-refractivity contribution is 0.0696. The number of pyridine rings is 2. The third-order valence-electron chi connectivity index (χ3n) is 5.22. The standard InChI is InChI=1S/C26H16ClN3O4/c27-16-3-6-22-15(10-16)11-20(26(32)33)23(30-22)7-8-25(31)21-14-29-24-12-17(4-5-19(21)24)34-18-2-1-9-28-13-18/h1-14,29H,(H,32,33)/b8-7+. The molecule has 2 aromatic carbocycles. The first-order chi connectivity index (χ1) is 16.5. The van der Waals surface area contributed by atoms with Crippen LogP contribution < -0.4 is 4.74 Å². The van der Waals surface area contributed by atoms with Gasteiger partial charge in [-0.25, -0.2) is 9.78 Å². The molecule has 0 aliphatic heterocycles. The summed E-state index contributed by atoms with van der Waals surface area (Å²) in [6, 6.07) is 15.4. The van der Waals surface area contributed by atoms with Crippen LogP contribution in [0.2, 0.25) is 5.02 Å². The van der Waals surface area contributed by atoms with Crippen molar-refractivity contribution in [1.29, 1.82) is 0 Å². The fourth-order valence-corrected chi connectivity index (χ4v) is 3.80. The number of fused-ring (bicyclic) bond motifs is 2. The maximum Gasteiger partial charge on any atom is 0.337 e. The van der Waals surface area contributed by atoms with Gasteiger partial charge in [-0.1, -0.05) is 11.6 Å². The fourth-order valence-electron chi connectivity index (χ4n) is 3.62. The van der Waals surface area contributed by atoms with E-state index in [0.29, 0.717) is 38.4 Å². The summed E-state index contributed by atoms with van der Waals surface area (Å²) in [6.07, 6.45) is 7.62. The zero-order valence-corrected chi connectivity index (χ0v) is 18.3. The van der Waals surface area contributed by atoms with E-state index in [-0.39, 0.29) is 17.0 Å². The van der Waals surface area contributed by atoms with Crippen molar-refractivity contribution in [2.45, 2.75) is 0 Å². The van der Waals surface area contributed by atoms with Gasteiger partial charge in [0.2, 0.25) is 0 Å². The third-order valence-corrected chi connectivity index (χ3v) is 5.45. The van der Waals surface area contributed by atoms with E-state index >= 15 is 0 Å². The van der Waals surface area contributed by atoms with Crippen LogP contribution in [-0.2, 0) is 0 Å². The zero-order valence-electron chi connectivity index (χ0n) is 17.5. The van der Waals surface area contributed by atoms with E-state index in [1.807, 2.05) is 0 Å². The Balaban J connectivity index is 1.44. The van der Waals surface area contributed by atoms with Crippen LogP contribution in [0.5, 0.6) is 11.5 Å². The second kappa shape index (κ2) is 8.80. The van der Waals surface area contributed by atoms with Gasteiger partial charge in [0.25, 0.3) is 0 Å². The van der Waals surface area contributed by atoms with E-state index < -0.39 is 5.97 Å². The van der Waals surface area contributed by atoms with Gasteiger partial charge in [0, 0.05) is 45.3 Å². The summed E-state index contributed by atoms with van der Waals surface area (Å²) in [7, 11) is 0. The molecule has 3 heterocycles. The number of rotatable bonds is 6. The molecule has 0 spiro atoms. The van der Waals surface area contributed by atoms with E-state index in [1.165, 1.54) is 18.2 Å². The normalized spacial score (nSPS) is 11.3. The number of ketones is 1. The molecular formula is C26H16ClN3O4. The van der Waals surface area contributed by atoms with E-state index in [4.69, 9.17) is 16.3 Å². The molecule has 0 radical (unpaired) electrons. The van der Waals surface area contributed by atoms with Crippen LogP contribution in [0, 0.1) is 0 Å². The molecule has 8 heteroatoms. The van der Waals surface area contributed by atoms with Gasteiger partial charge < -0.3 is 14.8 Å². The minimum Gasteiger partial charge on any atom is -0.478 e. The number of carbonyl (C=O) groups excluding carboxylic acids is 1. The Hall–Kier alpha value is -4.49. The quantitative estimate of drug-likeness (QED) is 0.228. The lowest BCUT2D eigenvalue weighted by atomic mass is 10.1. The first-order valence-electron chi connectivity index (χ1n) is 10.2. The van der Waals surface area contributed by atoms with Gasteiger partial charge in [-0.15, -0.1) is 0 Å². The van der Waals surface area contributed by atoms with Crippen LogP contribution in [0.1, 0.15) is 26.4 Å². The maximum absolute atomic E-state index is 12.9. The molecule has 0 aliphatic rings. The van der Waals surface area contributed by atoms with Gasteiger partial charge in [0.1, 0.15) is 11.5 Å². The van der Waals surface area contributed by atoms with Gasteiger partial charge in [0.05, 0.1) is 23.0 Å². The van der Waals surface area contributed by atoms with Crippen molar-refractivity contribution in [2.24, 2.45) is 0 Å². The van der Waals surface area contributed by atoms with Gasteiger partial charge >= 0.3 is 5.97 Å². The van der Waals surface area contributed by atoms with Gasteiger partial charge in [-0.05, 0) is 60.7 Å². The van der Waals surface area contributed by atoms with Crippen LogP contribution in [0.4, 0.5) is 0 Å². The Labute approximate surface area is 198 Å². The number of hydrogen-bond donors (Lipinski definition) is 2. The van der Waals surface area contributed by atoms with Crippen molar-refractivity contribution >= 4 is 51.2 Å². The first-order valence-corrected chi connectivity index (χ1v) is 10.6. The topological polar surface area (TPSA) is 105 Å². The summed E-state index contributed by atoms with van der Waals surface area (Å²) in [5, 5.41) is 11.4. The molecule has 0 fully saturated rings. The van der Waals surface area contributed by atoms with E-state index in [1.54, 1.807) is 67.1 Å². The van der Waals surface area contributed by atoms with E-state index in [9.17, 15) is 14.7 Å². The Bertz CT molecular complexity index is 1590. The molecule has 5 aromatic rings. The van der Waals surface area contributed by atoms with E-state index in [0.717, 1.165) is 5.52 Å². The highest BCUT2D eigenvalue weighted by molar-refractivity contribution is 6.31. The number of aromatic amines is 1. The SMILES string of the molecule is O=C(O)c1cc2cc(Cl)ccc2nc1/C=C/C(=O)c1c[nH]c2cc(Oc3cccnc3)ccc12. The monoisotopic (exact) mass is 469 g/mol. The van der Waals surface area contributed by atoms with Crippen molar-refractivity contribution in [2.75, 3.05) is 0 Å². The maximum atomic E-state index is 12.9. The number of nitrogens with one attached hydrogen (secondary N) is 1. The number of ether oxygens (including phenoxy) is 1. The summed E-state index contributed by atoms with van der Waals surface area (Å²) < 4.78 is 5.79. The van der Waals surface area contributed by atoms with E-state index in [2.05, 4.69) is 15.0 Å². The highest BCUT2D eigenvalue weighted by Crippen LogP contribution is 2.27. The summed E-state index contributed by atoms with van der Waals surface area (Å²) in [6.45, 7) is 0. The van der Waals surface area contributed by atoms with Crippen molar-refractivity contribution in [3.8, 4) is 11.5 Å². The number of carboxylic acid groups (broad SMARTS) is 1. The fraction of sp³-hybridized carbons (Fsp3) is 0. The summed E-state index contributed by atoms with van der Waals surface area (Å²) in [4.78, 5) is 36.2. The van der Waals surface area contributed by atoms with Crippen LogP contribution >= 0.6 is 11.6 Å². The molecule has 5 rings (SSSR count). The number of aromatic carboxylic acids is 1. The number of H-pyrrole nitrogens is 1. The molecule has 3 aromatic heterocycles. The highest BCUT2D eigenvalue weighted by atomic mass is 35.5. The number of benzene rings is 2. The number of halogens is 1. The number of allylic oxidation sites excluding steroid dienone is 1. The van der Waals surface area contributed by atoms with Crippen molar-refractivity contribution in [3.63, 3.8) is 0 Å². The second-order valence-corrected chi connectivity index (χ2v) is 7.90. The summed E-state index contributed by atoms with van der Waals surface area (Å²) in [5.41, 5.74) is 1.92. The van der Waals surface area contributed by atoms with Gasteiger partial charge in [-0.2, -0.15) is 0 Å². The highest BCUT2D eigenvalue weighted by Gasteiger charge is 2.14. The van der Waals surface area contributed by atoms with Crippen LogP contribution in [0.3, 0.4) is 0 Å².